The summed E-state index contributed by atoms with van der Waals surface area (Å²) in [6.07, 6.45) is 3.08. The van der Waals surface area contributed by atoms with Crippen molar-refractivity contribution in [2.45, 2.75) is 39.5 Å². The molecule has 1 aliphatic heterocycles. The summed E-state index contributed by atoms with van der Waals surface area (Å²) in [5.41, 5.74) is 0.552. The van der Waals surface area contributed by atoms with E-state index in [1.165, 1.54) is 0 Å². The van der Waals surface area contributed by atoms with Crippen LogP contribution >= 0.6 is 0 Å². The number of amides is 2. The molecule has 0 fully saturated rings. The second-order valence-corrected chi connectivity index (χ2v) is 5.13. The Kier molecular flexibility index (Phi) is 4.73. The molecule has 0 bridgehead atoms. The molecule has 0 atom stereocenters. The van der Waals surface area contributed by atoms with Crippen LogP contribution in [0.2, 0.25) is 0 Å². The smallest absolute Gasteiger partial charge is 0.329 e. The standard InChI is InChI=1S/C16H19NO4/c1-3-7-11(8-4-2)16(20)21-17-14(18)12-9-5-6-10-13(12)15(17)19/h5-6,9-11H,3-4,7-8H2,1-2H3. The number of hydrogen-bond donors (Lipinski definition) is 0. The van der Waals surface area contributed by atoms with Gasteiger partial charge in [-0.25, -0.2) is 4.79 Å². The molecule has 5 nitrogen and oxygen atoms in total. The Morgan fingerprint density at radius 3 is 1.95 bits per heavy atom. The van der Waals surface area contributed by atoms with Crippen LogP contribution in [0.1, 0.15) is 60.2 Å². The molecule has 21 heavy (non-hydrogen) atoms. The number of carbonyl (C=O) groups is 3. The van der Waals surface area contributed by atoms with Crippen LogP contribution in [-0.2, 0) is 9.63 Å². The van der Waals surface area contributed by atoms with E-state index in [0.717, 1.165) is 12.8 Å². The summed E-state index contributed by atoms with van der Waals surface area (Å²) in [5, 5.41) is 0.589. The summed E-state index contributed by atoms with van der Waals surface area (Å²) in [6, 6.07) is 6.45. The first-order valence-corrected chi connectivity index (χ1v) is 7.29. The molecule has 2 amide bonds. The van der Waals surface area contributed by atoms with E-state index in [-0.39, 0.29) is 17.0 Å². The first kappa shape index (κ1) is 15.2. The molecule has 1 heterocycles. The molecule has 0 N–H and O–H groups in total. The third-order valence-electron chi connectivity index (χ3n) is 3.55. The summed E-state index contributed by atoms with van der Waals surface area (Å²) < 4.78 is 0. The third kappa shape index (κ3) is 2.96. The molecule has 5 heteroatoms. The van der Waals surface area contributed by atoms with E-state index in [2.05, 4.69) is 0 Å². The van der Waals surface area contributed by atoms with Crippen LogP contribution in [-0.4, -0.2) is 22.8 Å². The molecule has 0 saturated carbocycles. The number of carbonyl (C=O) groups excluding carboxylic acids is 3. The number of hydroxylamine groups is 2. The Morgan fingerprint density at radius 2 is 1.52 bits per heavy atom. The SMILES string of the molecule is CCCC(CCC)C(=O)ON1C(=O)c2ccccc2C1=O. The molecule has 1 aliphatic rings. The van der Waals surface area contributed by atoms with Gasteiger partial charge >= 0.3 is 5.97 Å². The van der Waals surface area contributed by atoms with Gasteiger partial charge in [0.05, 0.1) is 17.0 Å². The number of hydrogen-bond acceptors (Lipinski definition) is 4. The van der Waals surface area contributed by atoms with Crippen LogP contribution in [0, 0.1) is 5.92 Å². The van der Waals surface area contributed by atoms with Crippen molar-refractivity contribution in [1.29, 1.82) is 0 Å². The fraction of sp³-hybridized carbons (Fsp3) is 0.438. The normalized spacial score (nSPS) is 13.8. The molecule has 0 aliphatic carbocycles. The van der Waals surface area contributed by atoms with Crippen molar-refractivity contribution in [3.63, 3.8) is 0 Å². The zero-order valence-electron chi connectivity index (χ0n) is 12.3. The van der Waals surface area contributed by atoms with Gasteiger partial charge in [0.2, 0.25) is 0 Å². The van der Waals surface area contributed by atoms with Gasteiger partial charge in [-0.3, -0.25) is 9.59 Å². The van der Waals surface area contributed by atoms with Gasteiger partial charge in [0.15, 0.2) is 0 Å². The van der Waals surface area contributed by atoms with E-state index in [1.54, 1.807) is 24.3 Å². The van der Waals surface area contributed by atoms with Gasteiger partial charge in [-0.15, -0.1) is 0 Å². The molecular weight excluding hydrogens is 270 g/mol. The highest BCUT2D eigenvalue weighted by molar-refractivity contribution is 6.20. The summed E-state index contributed by atoms with van der Waals surface area (Å²) in [6.45, 7) is 3.97. The molecule has 2 rings (SSSR count). The second kappa shape index (κ2) is 6.52. The van der Waals surface area contributed by atoms with Gasteiger partial charge < -0.3 is 4.84 Å². The van der Waals surface area contributed by atoms with Gasteiger partial charge in [-0.05, 0) is 25.0 Å². The lowest BCUT2D eigenvalue weighted by molar-refractivity contribution is -0.174. The minimum absolute atomic E-state index is 0.274. The van der Waals surface area contributed by atoms with Gasteiger partial charge in [-0.2, -0.15) is 0 Å². The van der Waals surface area contributed by atoms with Gasteiger partial charge in [0.25, 0.3) is 11.8 Å². The minimum atomic E-state index is -0.573. The van der Waals surface area contributed by atoms with Crippen LogP contribution in [0.15, 0.2) is 24.3 Å². The average molecular weight is 289 g/mol. The maximum Gasteiger partial charge on any atom is 0.336 e. The zero-order valence-corrected chi connectivity index (χ0v) is 12.3. The predicted molar refractivity (Wildman–Crippen MR) is 76.3 cm³/mol. The molecule has 0 spiro atoms. The molecule has 1 aromatic carbocycles. The molecule has 1 aromatic rings. The van der Waals surface area contributed by atoms with E-state index < -0.39 is 17.8 Å². The fourth-order valence-electron chi connectivity index (χ4n) is 2.49. The van der Waals surface area contributed by atoms with Crippen molar-refractivity contribution in [3.8, 4) is 0 Å². The Labute approximate surface area is 123 Å². The van der Waals surface area contributed by atoms with Crippen LogP contribution in [0.5, 0.6) is 0 Å². The number of rotatable bonds is 6. The molecule has 0 saturated heterocycles. The van der Waals surface area contributed by atoms with E-state index >= 15 is 0 Å². The number of benzene rings is 1. The van der Waals surface area contributed by atoms with Crippen LogP contribution < -0.4 is 0 Å². The van der Waals surface area contributed by atoms with Crippen LogP contribution in [0.25, 0.3) is 0 Å². The lowest BCUT2D eigenvalue weighted by atomic mass is 9.99. The highest BCUT2D eigenvalue weighted by Crippen LogP contribution is 2.24. The van der Waals surface area contributed by atoms with Crippen molar-refractivity contribution >= 4 is 17.8 Å². The molecule has 0 unspecified atom stereocenters. The third-order valence-corrected chi connectivity index (χ3v) is 3.55. The Balaban J connectivity index is 2.12. The highest BCUT2D eigenvalue weighted by atomic mass is 16.7. The summed E-state index contributed by atoms with van der Waals surface area (Å²) in [7, 11) is 0. The fourth-order valence-corrected chi connectivity index (χ4v) is 2.49. The zero-order chi connectivity index (χ0) is 15.4. The largest absolute Gasteiger partial charge is 0.336 e. The first-order chi connectivity index (χ1) is 10.1. The minimum Gasteiger partial charge on any atom is -0.329 e. The predicted octanol–water partition coefficient (Wildman–Crippen LogP) is 2.96. The summed E-state index contributed by atoms with van der Waals surface area (Å²) in [4.78, 5) is 41.5. The molecule has 112 valence electrons. The topological polar surface area (TPSA) is 63.7 Å². The number of fused-ring (bicyclic) bond motifs is 1. The van der Waals surface area contributed by atoms with Gasteiger partial charge in [0.1, 0.15) is 0 Å². The van der Waals surface area contributed by atoms with Crippen molar-refractivity contribution in [2.24, 2.45) is 5.92 Å². The van der Waals surface area contributed by atoms with E-state index in [1.807, 2.05) is 13.8 Å². The Hall–Kier alpha value is -2.17. The van der Waals surface area contributed by atoms with E-state index in [4.69, 9.17) is 4.84 Å². The average Bonchev–Trinajstić information content (AvgIpc) is 2.72. The summed E-state index contributed by atoms with van der Waals surface area (Å²) in [5.74, 6) is -1.93. The van der Waals surface area contributed by atoms with Crippen molar-refractivity contribution in [1.82, 2.24) is 5.06 Å². The number of imide groups is 1. The summed E-state index contributed by atoms with van der Waals surface area (Å²) >= 11 is 0. The van der Waals surface area contributed by atoms with Gasteiger partial charge in [0, 0.05) is 0 Å². The highest BCUT2D eigenvalue weighted by Gasteiger charge is 2.39. The maximum atomic E-state index is 12.2. The van der Waals surface area contributed by atoms with Crippen LogP contribution in [0.3, 0.4) is 0 Å². The molecule has 0 aromatic heterocycles. The van der Waals surface area contributed by atoms with Crippen molar-refractivity contribution in [3.05, 3.63) is 35.4 Å². The Morgan fingerprint density at radius 1 is 1.05 bits per heavy atom. The first-order valence-electron chi connectivity index (χ1n) is 7.29. The molecule has 0 radical (unpaired) electrons. The Bertz CT molecular complexity index is 526. The van der Waals surface area contributed by atoms with E-state index in [0.29, 0.717) is 17.9 Å². The quantitative estimate of drug-likeness (QED) is 0.755. The lowest BCUT2D eigenvalue weighted by Crippen LogP contribution is -2.35. The maximum absolute atomic E-state index is 12.2. The van der Waals surface area contributed by atoms with Crippen LogP contribution in [0.4, 0.5) is 0 Å². The molecular formula is C16H19NO4. The van der Waals surface area contributed by atoms with Gasteiger partial charge in [-0.1, -0.05) is 43.9 Å². The second-order valence-electron chi connectivity index (χ2n) is 5.13. The van der Waals surface area contributed by atoms with Crippen molar-refractivity contribution < 1.29 is 19.2 Å². The number of nitrogens with zero attached hydrogens (tertiary/aromatic N) is 1. The van der Waals surface area contributed by atoms with Crippen molar-refractivity contribution in [2.75, 3.05) is 0 Å². The monoisotopic (exact) mass is 289 g/mol. The van der Waals surface area contributed by atoms with E-state index in [9.17, 15) is 14.4 Å². The lowest BCUT2D eigenvalue weighted by Gasteiger charge is -2.18.